The van der Waals surface area contributed by atoms with Crippen molar-refractivity contribution in [2.75, 3.05) is 20.5 Å². The summed E-state index contributed by atoms with van der Waals surface area (Å²) in [5.41, 5.74) is -0.989. The number of methoxy groups -OCH3 is 1. The van der Waals surface area contributed by atoms with E-state index in [0.717, 1.165) is 12.1 Å². The molecule has 3 rings (SSSR count). The molecule has 1 aromatic rings. The number of fused-ring (bicyclic) bond motifs is 1. The summed E-state index contributed by atoms with van der Waals surface area (Å²) in [4.78, 5) is 24.7. The number of allylic oxidation sites excluding steroid dienone is 1. The van der Waals surface area contributed by atoms with Crippen molar-refractivity contribution in [2.45, 2.75) is 25.4 Å². The molecule has 0 spiro atoms. The SMILES string of the molecule is C=CCOC(=O)[C@@H]1C[C@]2([C@H](C)Cc3cc(F)c(OC)cc3F)OCOC2=CC1=O. The van der Waals surface area contributed by atoms with Gasteiger partial charge in [-0.15, -0.1) is 0 Å². The Balaban J connectivity index is 1.88. The first kappa shape index (κ1) is 21.0. The molecule has 0 amide bonds. The molecule has 3 atom stereocenters. The van der Waals surface area contributed by atoms with Gasteiger partial charge in [0.2, 0.25) is 0 Å². The maximum absolute atomic E-state index is 14.4. The number of benzene rings is 1. The number of ether oxygens (including phenoxy) is 4. The van der Waals surface area contributed by atoms with Gasteiger partial charge < -0.3 is 18.9 Å². The second kappa shape index (κ2) is 8.32. The predicted octanol–water partition coefficient (Wildman–Crippen LogP) is 3.10. The first-order chi connectivity index (χ1) is 13.8. The zero-order valence-corrected chi connectivity index (χ0v) is 16.2. The number of hydrogen-bond donors (Lipinski definition) is 0. The van der Waals surface area contributed by atoms with Gasteiger partial charge in [0.1, 0.15) is 29.7 Å². The van der Waals surface area contributed by atoms with Crippen molar-refractivity contribution in [3.8, 4) is 5.75 Å². The van der Waals surface area contributed by atoms with E-state index >= 15 is 0 Å². The summed E-state index contributed by atoms with van der Waals surface area (Å²) >= 11 is 0. The Hall–Kier alpha value is -2.74. The Morgan fingerprint density at radius 1 is 1.41 bits per heavy atom. The monoisotopic (exact) mass is 408 g/mol. The molecule has 8 heteroatoms. The van der Waals surface area contributed by atoms with E-state index in [2.05, 4.69) is 6.58 Å². The second-order valence-electron chi connectivity index (χ2n) is 7.07. The molecule has 1 aliphatic heterocycles. The van der Waals surface area contributed by atoms with Crippen LogP contribution in [0, 0.1) is 23.5 Å². The van der Waals surface area contributed by atoms with Crippen LogP contribution >= 0.6 is 0 Å². The molecular formula is C21H22F2O6. The topological polar surface area (TPSA) is 71.1 Å². The Morgan fingerprint density at radius 2 is 2.17 bits per heavy atom. The number of carbonyl (C=O) groups excluding carboxylic acids is 2. The lowest BCUT2D eigenvalue weighted by molar-refractivity contribution is -0.154. The van der Waals surface area contributed by atoms with Crippen LogP contribution in [0.5, 0.6) is 5.75 Å². The molecule has 6 nitrogen and oxygen atoms in total. The van der Waals surface area contributed by atoms with Crippen LogP contribution in [0.1, 0.15) is 18.9 Å². The minimum atomic E-state index is -1.12. The van der Waals surface area contributed by atoms with Gasteiger partial charge in [-0.05, 0) is 24.0 Å². The van der Waals surface area contributed by atoms with E-state index in [-0.39, 0.29) is 43.3 Å². The summed E-state index contributed by atoms with van der Waals surface area (Å²) in [6.07, 6.45) is 2.73. The van der Waals surface area contributed by atoms with E-state index < -0.39 is 40.8 Å². The molecule has 0 unspecified atom stereocenters. The van der Waals surface area contributed by atoms with E-state index in [1.165, 1.54) is 19.3 Å². The van der Waals surface area contributed by atoms with E-state index in [1.54, 1.807) is 6.92 Å². The van der Waals surface area contributed by atoms with Crippen molar-refractivity contribution >= 4 is 11.8 Å². The lowest BCUT2D eigenvalue weighted by atomic mass is 9.72. The van der Waals surface area contributed by atoms with E-state index in [9.17, 15) is 18.4 Å². The average molecular weight is 408 g/mol. The minimum Gasteiger partial charge on any atom is -0.494 e. The van der Waals surface area contributed by atoms with Crippen LogP contribution in [0.3, 0.4) is 0 Å². The summed E-state index contributed by atoms with van der Waals surface area (Å²) in [6, 6.07) is 2.06. The van der Waals surface area contributed by atoms with Gasteiger partial charge in [0.05, 0.1) is 7.11 Å². The minimum absolute atomic E-state index is 0.00490. The molecule has 1 aliphatic carbocycles. The van der Waals surface area contributed by atoms with Crippen LogP contribution in [0.25, 0.3) is 0 Å². The van der Waals surface area contributed by atoms with Gasteiger partial charge in [0.25, 0.3) is 0 Å². The highest BCUT2D eigenvalue weighted by Crippen LogP contribution is 2.46. The third kappa shape index (κ3) is 3.89. The summed E-state index contributed by atoms with van der Waals surface area (Å²) in [5, 5.41) is 0. The van der Waals surface area contributed by atoms with Crippen molar-refractivity contribution in [1.82, 2.24) is 0 Å². The van der Waals surface area contributed by atoms with Gasteiger partial charge in [-0.25, -0.2) is 8.78 Å². The molecular weight excluding hydrogens is 386 g/mol. The third-order valence-corrected chi connectivity index (χ3v) is 5.34. The van der Waals surface area contributed by atoms with Crippen molar-refractivity contribution in [3.05, 3.63) is 53.8 Å². The molecule has 0 aromatic heterocycles. The van der Waals surface area contributed by atoms with E-state index in [1.807, 2.05) is 0 Å². The van der Waals surface area contributed by atoms with Gasteiger partial charge in [-0.2, -0.15) is 0 Å². The molecule has 0 bridgehead atoms. The molecule has 1 fully saturated rings. The zero-order valence-electron chi connectivity index (χ0n) is 16.2. The number of rotatable bonds is 7. The maximum atomic E-state index is 14.4. The number of halogens is 2. The summed E-state index contributed by atoms with van der Waals surface area (Å²) in [7, 11) is 1.25. The van der Waals surface area contributed by atoms with Gasteiger partial charge >= 0.3 is 5.97 Å². The standard InChI is InChI=1S/C21H22F2O6/c1-4-5-27-20(25)14-10-21(19(9-17(14)24)28-11-29-21)12(2)6-13-7-16(23)18(26-3)8-15(13)22/h4,7-9,12,14H,1,5-6,10-11H2,2-3H3/t12-,14-,21-/m1/s1. The molecule has 0 radical (unpaired) electrons. The molecule has 156 valence electrons. The van der Waals surface area contributed by atoms with Gasteiger partial charge in [-0.1, -0.05) is 19.6 Å². The molecule has 1 saturated heterocycles. The number of carbonyl (C=O) groups is 2. The smallest absolute Gasteiger partial charge is 0.317 e. The largest absolute Gasteiger partial charge is 0.494 e. The fraction of sp³-hybridized carbons (Fsp3) is 0.429. The second-order valence-corrected chi connectivity index (χ2v) is 7.07. The van der Waals surface area contributed by atoms with Crippen LogP contribution < -0.4 is 4.74 Å². The van der Waals surface area contributed by atoms with Crippen LogP contribution in [-0.2, 0) is 30.2 Å². The average Bonchev–Trinajstić information content (AvgIpc) is 3.11. The lowest BCUT2D eigenvalue weighted by Crippen LogP contribution is -2.47. The molecule has 0 saturated carbocycles. The van der Waals surface area contributed by atoms with Crippen molar-refractivity contribution in [3.63, 3.8) is 0 Å². The summed E-state index contributed by atoms with van der Waals surface area (Å²) < 4.78 is 49.6. The highest BCUT2D eigenvalue weighted by Gasteiger charge is 2.54. The number of ketones is 1. The van der Waals surface area contributed by atoms with Crippen LogP contribution in [0.15, 0.2) is 36.6 Å². The first-order valence-electron chi connectivity index (χ1n) is 9.14. The van der Waals surface area contributed by atoms with E-state index in [0.29, 0.717) is 0 Å². The van der Waals surface area contributed by atoms with Crippen LogP contribution in [0.2, 0.25) is 0 Å². The molecule has 2 aliphatic rings. The molecule has 1 aromatic carbocycles. The normalized spacial score (nSPS) is 24.2. The Bertz CT molecular complexity index is 865. The maximum Gasteiger partial charge on any atom is 0.317 e. The first-order valence-corrected chi connectivity index (χ1v) is 9.14. The molecule has 0 N–H and O–H groups in total. The Morgan fingerprint density at radius 3 is 2.86 bits per heavy atom. The van der Waals surface area contributed by atoms with E-state index in [4.69, 9.17) is 18.9 Å². The lowest BCUT2D eigenvalue weighted by Gasteiger charge is -2.37. The molecule has 1 heterocycles. The van der Waals surface area contributed by atoms with Crippen molar-refractivity contribution in [1.29, 1.82) is 0 Å². The van der Waals surface area contributed by atoms with Gasteiger partial charge in [-0.3, -0.25) is 9.59 Å². The Kier molecular flexibility index (Phi) is 6.02. The van der Waals surface area contributed by atoms with Crippen LogP contribution in [-0.4, -0.2) is 37.9 Å². The third-order valence-electron chi connectivity index (χ3n) is 5.34. The van der Waals surface area contributed by atoms with Crippen molar-refractivity contribution < 1.29 is 37.3 Å². The quantitative estimate of drug-likeness (QED) is 0.392. The fourth-order valence-corrected chi connectivity index (χ4v) is 3.75. The van der Waals surface area contributed by atoms with Gasteiger partial charge in [0, 0.05) is 18.6 Å². The summed E-state index contributed by atoms with van der Waals surface area (Å²) in [6.45, 7) is 5.12. The number of hydrogen-bond acceptors (Lipinski definition) is 6. The zero-order chi connectivity index (χ0) is 21.2. The van der Waals surface area contributed by atoms with Crippen LogP contribution in [0.4, 0.5) is 8.78 Å². The molecule has 29 heavy (non-hydrogen) atoms. The number of esters is 1. The highest BCUT2D eigenvalue weighted by atomic mass is 19.1. The summed E-state index contributed by atoms with van der Waals surface area (Å²) in [5.74, 6) is -3.83. The van der Waals surface area contributed by atoms with Crippen molar-refractivity contribution in [2.24, 2.45) is 11.8 Å². The highest BCUT2D eigenvalue weighted by molar-refractivity contribution is 6.06. The predicted molar refractivity (Wildman–Crippen MR) is 97.9 cm³/mol. The Labute approximate surface area is 167 Å². The van der Waals surface area contributed by atoms with Gasteiger partial charge in [0.15, 0.2) is 24.1 Å². The fourth-order valence-electron chi connectivity index (χ4n) is 3.75.